The molecule has 34 heavy (non-hydrogen) atoms. The summed E-state index contributed by atoms with van der Waals surface area (Å²) in [5.74, 6) is 0.514. The number of guanidine groups is 2. The first kappa shape index (κ1) is 25.7. The number of ether oxygens (including phenoxy) is 1. The molecule has 5 N–H and O–H groups in total. The Balaban J connectivity index is 1.62. The van der Waals surface area contributed by atoms with Crippen LogP contribution < -0.4 is 25.8 Å². The van der Waals surface area contributed by atoms with E-state index in [4.69, 9.17) is 27.8 Å². The van der Waals surface area contributed by atoms with Gasteiger partial charge in [0.2, 0.25) is 21.9 Å². The molecule has 0 aliphatic carbocycles. The van der Waals surface area contributed by atoms with E-state index in [0.29, 0.717) is 11.4 Å². The number of rotatable bonds is 8. The van der Waals surface area contributed by atoms with E-state index >= 15 is 0 Å². The Hall–Kier alpha value is -2.94. The quantitative estimate of drug-likeness (QED) is 0.339. The molecule has 0 radical (unpaired) electrons. The third-order valence-electron chi connectivity index (χ3n) is 4.63. The molecule has 184 valence electrons. The van der Waals surface area contributed by atoms with Gasteiger partial charge in [-0.2, -0.15) is 13.4 Å². The fraction of sp³-hybridized carbons (Fsp3) is 0.263. The number of aliphatic imine (C=N–C) groups is 2. The standard InChI is InChI=1S/C19H22ClFN6O5S2/c1-19(2)26-17(22)25-18(23)27(19)12-3-8-16(15(20)11-12)32-10-9-24-34(30,31)14-6-4-13(5-7-14)33(21,28)29/h3-8,11,24H,9-10H2,1-2H3,(H4,22,23,25,26). The molecule has 1 aliphatic heterocycles. The van der Waals surface area contributed by atoms with Crippen LogP contribution in [0, 0.1) is 0 Å². The molecule has 15 heteroatoms. The van der Waals surface area contributed by atoms with Crippen LogP contribution >= 0.6 is 11.6 Å². The number of sulfonamides is 1. The average molecular weight is 533 g/mol. The lowest BCUT2D eigenvalue weighted by molar-refractivity contribution is 0.323. The van der Waals surface area contributed by atoms with Crippen molar-refractivity contribution in [2.75, 3.05) is 18.1 Å². The summed E-state index contributed by atoms with van der Waals surface area (Å²) in [5, 5.41) is 0.245. The predicted molar refractivity (Wildman–Crippen MR) is 127 cm³/mol. The van der Waals surface area contributed by atoms with Crippen LogP contribution in [0.25, 0.3) is 0 Å². The molecule has 0 atom stereocenters. The zero-order valence-electron chi connectivity index (χ0n) is 18.1. The van der Waals surface area contributed by atoms with E-state index in [-0.39, 0.29) is 35.0 Å². The fourth-order valence-electron chi connectivity index (χ4n) is 3.20. The van der Waals surface area contributed by atoms with E-state index in [2.05, 4.69) is 14.7 Å². The van der Waals surface area contributed by atoms with Crippen LogP contribution in [0.4, 0.5) is 9.57 Å². The summed E-state index contributed by atoms with van der Waals surface area (Å²) in [4.78, 5) is 9.02. The molecule has 2 aromatic rings. The minimum Gasteiger partial charge on any atom is -0.491 e. The summed E-state index contributed by atoms with van der Waals surface area (Å²) in [6.07, 6.45) is 0. The maximum Gasteiger partial charge on any atom is 0.332 e. The molecule has 0 fully saturated rings. The predicted octanol–water partition coefficient (Wildman–Crippen LogP) is 1.54. The van der Waals surface area contributed by atoms with Crippen molar-refractivity contribution < 1.29 is 25.5 Å². The summed E-state index contributed by atoms with van der Waals surface area (Å²) < 4.78 is 67.2. The van der Waals surface area contributed by atoms with Gasteiger partial charge in [0.25, 0.3) is 0 Å². The molecule has 3 rings (SSSR count). The number of benzene rings is 2. The van der Waals surface area contributed by atoms with Crippen molar-refractivity contribution in [1.82, 2.24) is 4.72 Å². The van der Waals surface area contributed by atoms with Crippen molar-refractivity contribution in [1.29, 1.82) is 0 Å². The highest BCUT2D eigenvalue weighted by atomic mass is 35.5. The maximum atomic E-state index is 12.9. The van der Waals surface area contributed by atoms with Gasteiger partial charge in [0.05, 0.1) is 14.8 Å². The second kappa shape index (κ2) is 9.37. The molecule has 0 amide bonds. The van der Waals surface area contributed by atoms with Gasteiger partial charge in [-0.3, -0.25) is 4.90 Å². The normalized spacial score (nSPS) is 16.1. The second-order valence-electron chi connectivity index (χ2n) is 7.54. The van der Waals surface area contributed by atoms with Gasteiger partial charge in [0, 0.05) is 12.2 Å². The fourth-order valence-corrected chi connectivity index (χ4v) is 4.90. The number of anilines is 1. The lowest BCUT2D eigenvalue weighted by Crippen LogP contribution is -2.54. The Morgan fingerprint density at radius 3 is 2.26 bits per heavy atom. The highest BCUT2D eigenvalue weighted by molar-refractivity contribution is 7.89. The highest BCUT2D eigenvalue weighted by Gasteiger charge is 2.33. The van der Waals surface area contributed by atoms with Crippen molar-refractivity contribution in [3.05, 3.63) is 47.5 Å². The minimum atomic E-state index is -4.92. The second-order valence-corrected chi connectivity index (χ2v) is 11.1. The van der Waals surface area contributed by atoms with E-state index in [1.165, 1.54) is 0 Å². The largest absolute Gasteiger partial charge is 0.491 e. The van der Waals surface area contributed by atoms with E-state index in [1.807, 2.05) is 0 Å². The SMILES string of the molecule is CC1(C)N=C(N)N=C(N)N1c1ccc(OCCNS(=O)(=O)c2ccc(S(=O)(=O)F)cc2)c(Cl)c1. The number of halogens is 2. The van der Waals surface area contributed by atoms with Gasteiger partial charge in [-0.05, 0) is 56.3 Å². The third kappa shape index (κ3) is 5.75. The van der Waals surface area contributed by atoms with Gasteiger partial charge in [-0.25, -0.2) is 18.1 Å². The van der Waals surface area contributed by atoms with Gasteiger partial charge >= 0.3 is 10.2 Å². The topological polar surface area (TPSA) is 170 Å². The van der Waals surface area contributed by atoms with Crippen LogP contribution in [-0.4, -0.2) is 47.6 Å². The third-order valence-corrected chi connectivity index (χ3v) is 7.24. The number of nitrogens with one attached hydrogen (secondary N) is 1. The lowest BCUT2D eigenvalue weighted by Gasteiger charge is -2.38. The molecule has 0 bridgehead atoms. The van der Waals surface area contributed by atoms with E-state index < -0.39 is 30.8 Å². The van der Waals surface area contributed by atoms with Crippen molar-refractivity contribution in [3.63, 3.8) is 0 Å². The molecule has 0 aromatic heterocycles. The van der Waals surface area contributed by atoms with Gasteiger partial charge in [-0.1, -0.05) is 11.6 Å². The maximum absolute atomic E-state index is 12.9. The first-order chi connectivity index (χ1) is 15.7. The Labute approximate surface area is 201 Å². The molecule has 1 heterocycles. The first-order valence-electron chi connectivity index (χ1n) is 9.67. The van der Waals surface area contributed by atoms with Crippen molar-refractivity contribution >= 4 is 49.5 Å². The van der Waals surface area contributed by atoms with E-state index in [0.717, 1.165) is 24.3 Å². The van der Waals surface area contributed by atoms with Gasteiger partial charge < -0.3 is 16.2 Å². The monoisotopic (exact) mass is 532 g/mol. The molecule has 0 unspecified atom stereocenters. The molecular weight excluding hydrogens is 511 g/mol. The van der Waals surface area contributed by atoms with Crippen molar-refractivity contribution in [3.8, 4) is 5.75 Å². The first-order valence-corrected chi connectivity index (χ1v) is 12.9. The van der Waals surface area contributed by atoms with Gasteiger partial charge in [-0.15, -0.1) is 3.89 Å². The summed E-state index contributed by atoms with van der Waals surface area (Å²) in [6, 6.07) is 8.58. The number of hydrogen-bond donors (Lipinski definition) is 3. The Kier molecular flexibility index (Phi) is 7.07. The van der Waals surface area contributed by atoms with Crippen LogP contribution in [0.15, 0.2) is 62.2 Å². The average Bonchev–Trinajstić information content (AvgIpc) is 2.70. The highest BCUT2D eigenvalue weighted by Crippen LogP contribution is 2.33. The molecule has 0 saturated carbocycles. The van der Waals surface area contributed by atoms with E-state index in [1.54, 1.807) is 36.9 Å². The minimum absolute atomic E-state index is 0.0606. The Morgan fingerprint density at radius 2 is 1.71 bits per heavy atom. The molecule has 11 nitrogen and oxygen atoms in total. The summed E-state index contributed by atoms with van der Waals surface area (Å²) in [7, 11) is -8.89. The zero-order valence-corrected chi connectivity index (χ0v) is 20.5. The molecule has 2 aromatic carbocycles. The Bertz CT molecular complexity index is 1360. The summed E-state index contributed by atoms with van der Waals surface area (Å²) >= 11 is 6.32. The number of hydrogen-bond acceptors (Lipinski definition) is 10. The summed E-state index contributed by atoms with van der Waals surface area (Å²) in [5.41, 5.74) is 11.5. The number of nitrogens with two attached hydrogens (primary N) is 2. The van der Waals surface area contributed by atoms with Crippen LogP contribution in [0.3, 0.4) is 0 Å². The van der Waals surface area contributed by atoms with Crippen LogP contribution in [0.1, 0.15) is 13.8 Å². The summed E-state index contributed by atoms with van der Waals surface area (Å²) in [6.45, 7) is 3.43. The molecule has 0 spiro atoms. The number of nitrogens with zero attached hydrogens (tertiary/aromatic N) is 3. The smallest absolute Gasteiger partial charge is 0.332 e. The van der Waals surface area contributed by atoms with Crippen molar-refractivity contribution in [2.45, 2.75) is 29.3 Å². The van der Waals surface area contributed by atoms with Crippen LogP contribution in [0.2, 0.25) is 5.02 Å². The zero-order chi connectivity index (χ0) is 25.3. The van der Waals surface area contributed by atoms with Crippen molar-refractivity contribution in [2.24, 2.45) is 21.5 Å². The Morgan fingerprint density at radius 1 is 1.09 bits per heavy atom. The molecule has 0 saturated heterocycles. The lowest BCUT2D eigenvalue weighted by atomic mass is 10.1. The van der Waals surface area contributed by atoms with Crippen LogP contribution in [-0.2, 0) is 20.2 Å². The van der Waals surface area contributed by atoms with Gasteiger partial charge in [0.1, 0.15) is 18.0 Å². The van der Waals surface area contributed by atoms with Gasteiger partial charge in [0.15, 0.2) is 0 Å². The molecular formula is C19H22ClFN6O5S2. The molecule has 1 aliphatic rings. The van der Waals surface area contributed by atoms with E-state index in [9.17, 15) is 20.7 Å². The van der Waals surface area contributed by atoms with Crippen LogP contribution in [0.5, 0.6) is 5.75 Å².